The Bertz CT molecular complexity index is 687. The Morgan fingerprint density at radius 2 is 1.81 bits per heavy atom. The molecule has 8 heteroatoms. The van der Waals surface area contributed by atoms with Crippen LogP contribution in [0.5, 0.6) is 11.8 Å². The molecule has 0 amide bonds. The zero-order valence-corrected chi connectivity index (χ0v) is 11.9. The van der Waals surface area contributed by atoms with Gasteiger partial charge in [-0.1, -0.05) is 11.6 Å². The van der Waals surface area contributed by atoms with Gasteiger partial charge in [-0.2, -0.15) is 9.97 Å². The molecule has 0 bridgehead atoms. The zero-order valence-electron chi connectivity index (χ0n) is 11.2. The second-order valence-corrected chi connectivity index (χ2v) is 4.33. The lowest BCUT2D eigenvalue weighted by Gasteiger charge is -2.09. The second kappa shape index (κ2) is 5.92. The van der Waals surface area contributed by atoms with Crippen LogP contribution in [-0.4, -0.2) is 30.0 Å². The van der Waals surface area contributed by atoms with E-state index in [9.17, 15) is 9.18 Å². The van der Waals surface area contributed by atoms with Crippen molar-refractivity contribution in [2.45, 2.75) is 0 Å². The van der Waals surface area contributed by atoms with E-state index in [2.05, 4.69) is 9.97 Å². The smallest absolute Gasteiger partial charge is 0.234 e. The number of hydrogen-bond donors (Lipinski definition) is 1. The molecule has 0 aliphatic carbocycles. The van der Waals surface area contributed by atoms with Gasteiger partial charge in [0.15, 0.2) is 0 Å². The van der Waals surface area contributed by atoms with Crippen LogP contribution in [0.3, 0.4) is 0 Å². The number of aromatic nitrogens is 2. The summed E-state index contributed by atoms with van der Waals surface area (Å²) in [4.78, 5) is 20.2. The van der Waals surface area contributed by atoms with Crippen LogP contribution in [0, 0.1) is 5.82 Å². The largest absolute Gasteiger partial charge is 0.481 e. The van der Waals surface area contributed by atoms with Crippen molar-refractivity contribution in [1.29, 1.82) is 0 Å². The number of nitrogen functional groups attached to an aromatic ring is 1. The van der Waals surface area contributed by atoms with E-state index >= 15 is 0 Å². The van der Waals surface area contributed by atoms with Gasteiger partial charge in [0.2, 0.25) is 23.4 Å². The van der Waals surface area contributed by atoms with Crippen LogP contribution in [0.4, 0.5) is 10.1 Å². The molecule has 110 valence electrons. The molecule has 0 saturated carbocycles. The van der Waals surface area contributed by atoms with Crippen molar-refractivity contribution in [1.82, 2.24) is 9.97 Å². The number of hydrogen-bond acceptors (Lipinski definition) is 6. The predicted molar refractivity (Wildman–Crippen MR) is 74.4 cm³/mol. The number of ketones is 1. The molecule has 1 heterocycles. The summed E-state index contributed by atoms with van der Waals surface area (Å²) >= 11 is 5.91. The van der Waals surface area contributed by atoms with Crippen LogP contribution in [0.1, 0.15) is 16.2 Å². The molecule has 2 N–H and O–H groups in total. The summed E-state index contributed by atoms with van der Waals surface area (Å²) < 4.78 is 23.4. The van der Waals surface area contributed by atoms with E-state index in [1.165, 1.54) is 26.4 Å². The summed E-state index contributed by atoms with van der Waals surface area (Å²) in [7, 11) is 2.75. The molecule has 0 aliphatic heterocycles. The number of nitrogens with zero attached hydrogens (tertiary/aromatic N) is 2. The molecule has 1 aromatic carbocycles. The summed E-state index contributed by atoms with van der Waals surface area (Å²) in [6.45, 7) is 0. The monoisotopic (exact) mass is 311 g/mol. The molecule has 21 heavy (non-hydrogen) atoms. The SMILES string of the molecule is COc1cc(OC)nc(C(=O)c2c(Cl)ccc(F)c2N)n1. The fraction of sp³-hybridized carbons (Fsp3) is 0.154. The molecule has 0 radical (unpaired) electrons. The minimum absolute atomic E-state index is 0.00397. The third kappa shape index (κ3) is 2.87. The first-order valence-corrected chi connectivity index (χ1v) is 6.11. The van der Waals surface area contributed by atoms with E-state index in [1.807, 2.05) is 0 Å². The summed E-state index contributed by atoms with van der Waals surface area (Å²) in [5.41, 5.74) is 5.00. The van der Waals surface area contributed by atoms with Crippen LogP contribution in [-0.2, 0) is 0 Å². The zero-order chi connectivity index (χ0) is 15.6. The number of halogens is 2. The van der Waals surface area contributed by atoms with Gasteiger partial charge in [-0.05, 0) is 12.1 Å². The first-order chi connectivity index (χ1) is 9.97. The van der Waals surface area contributed by atoms with Crippen LogP contribution >= 0.6 is 11.6 Å². The Balaban J connectivity index is 2.57. The second-order valence-electron chi connectivity index (χ2n) is 3.92. The van der Waals surface area contributed by atoms with Gasteiger partial charge in [-0.25, -0.2) is 4.39 Å². The fourth-order valence-electron chi connectivity index (χ4n) is 1.62. The normalized spacial score (nSPS) is 10.3. The van der Waals surface area contributed by atoms with Crippen molar-refractivity contribution in [3.63, 3.8) is 0 Å². The third-order valence-corrected chi connectivity index (χ3v) is 2.98. The highest BCUT2D eigenvalue weighted by Crippen LogP contribution is 2.27. The van der Waals surface area contributed by atoms with Crippen molar-refractivity contribution in [3.8, 4) is 11.8 Å². The van der Waals surface area contributed by atoms with Crippen LogP contribution < -0.4 is 15.2 Å². The molecule has 6 nitrogen and oxygen atoms in total. The number of ether oxygens (including phenoxy) is 2. The summed E-state index contributed by atoms with van der Waals surface area (Å²) in [5.74, 6) is -1.50. The quantitative estimate of drug-likeness (QED) is 0.687. The number of carbonyl (C=O) groups is 1. The highest BCUT2D eigenvalue weighted by molar-refractivity contribution is 6.35. The lowest BCUT2D eigenvalue weighted by atomic mass is 10.1. The number of rotatable bonds is 4. The van der Waals surface area contributed by atoms with Gasteiger partial charge in [-0.15, -0.1) is 0 Å². The van der Waals surface area contributed by atoms with Crippen molar-refractivity contribution >= 4 is 23.1 Å². The highest BCUT2D eigenvalue weighted by atomic mass is 35.5. The molecule has 0 saturated heterocycles. The lowest BCUT2D eigenvalue weighted by molar-refractivity contribution is 0.102. The van der Waals surface area contributed by atoms with Crippen LogP contribution in [0.25, 0.3) is 0 Å². The maximum Gasteiger partial charge on any atom is 0.234 e. The van der Waals surface area contributed by atoms with Crippen molar-refractivity contribution < 1.29 is 18.7 Å². The maximum absolute atomic E-state index is 13.5. The molecule has 0 fully saturated rings. The van der Waals surface area contributed by atoms with E-state index in [0.29, 0.717) is 0 Å². The van der Waals surface area contributed by atoms with Gasteiger partial charge in [0.05, 0.1) is 36.6 Å². The Morgan fingerprint density at radius 1 is 1.24 bits per heavy atom. The van der Waals surface area contributed by atoms with Crippen molar-refractivity contribution in [2.75, 3.05) is 20.0 Å². The summed E-state index contributed by atoms with van der Waals surface area (Å²) in [6.07, 6.45) is 0. The highest BCUT2D eigenvalue weighted by Gasteiger charge is 2.22. The number of nitrogens with two attached hydrogens (primary N) is 1. The molecule has 2 rings (SSSR count). The van der Waals surface area contributed by atoms with Crippen molar-refractivity contribution in [2.24, 2.45) is 0 Å². The Labute approximate surface area is 124 Å². The molecular formula is C13H11ClFN3O3. The molecular weight excluding hydrogens is 301 g/mol. The molecule has 0 atom stereocenters. The van der Waals surface area contributed by atoms with Gasteiger partial charge in [0, 0.05) is 0 Å². The Morgan fingerprint density at radius 3 is 2.33 bits per heavy atom. The van der Waals surface area contributed by atoms with E-state index in [0.717, 1.165) is 6.07 Å². The first-order valence-electron chi connectivity index (χ1n) is 5.73. The fourth-order valence-corrected chi connectivity index (χ4v) is 1.88. The third-order valence-electron chi connectivity index (χ3n) is 2.67. The number of methoxy groups -OCH3 is 2. The van der Waals surface area contributed by atoms with Gasteiger partial charge in [0.25, 0.3) is 0 Å². The van der Waals surface area contributed by atoms with Crippen LogP contribution in [0.2, 0.25) is 5.02 Å². The van der Waals surface area contributed by atoms with Gasteiger partial charge in [0.1, 0.15) is 5.82 Å². The van der Waals surface area contributed by atoms with E-state index in [-0.39, 0.29) is 33.9 Å². The Kier molecular flexibility index (Phi) is 4.23. The van der Waals surface area contributed by atoms with E-state index < -0.39 is 11.6 Å². The Hall–Kier alpha value is -2.41. The number of carbonyl (C=O) groups excluding carboxylic acids is 1. The number of anilines is 1. The maximum atomic E-state index is 13.5. The van der Waals surface area contributed by atoms with Gasteiger partial charge >= 0.3 is 0 Å². The average molecular weight is 312 g/mol. The standard InChI is InChI=1S/C13H11ClFN3O3/c1-20-8-5-9(21-2)18-13(17-8)12(19)10-6(14)3-4-7(15)11(10)16/h3-5H,16H2,1-2H3. The lowest BCUT2D eigenvalue weighted by Crippen LogP contribution is -2.12. The van der Waals surface area contributed by atoms with Gasteiger partial charge < -0.3 is 15.2 Å². The minimum Gasteiger partial charge on any atom is -0.481 e. The van der Waals surface area contributed by atoms with E-state index in [4.69, 9.17) is 26.8 Å². The molecule has 2 aromatic rings. The average Bonchev–Trinajstić information content (AvgIpc) is 2.50. The minimum atomic E-state index is -0.752. The molecule has 1 aromatic heterocycles. The van der Waals surface area contributed by atoms with Gasteiger partial charge in [-0.3, -0.25) is 4.79 Å². The molecule has 0 aliphatic rings. The molecule has 0 spiro atoms. The topological polar surface area (TPSA) is 87.3 Å². The first kappa shape index (κ1) is 15.0. The van der Waals surface area contributed by atoms with Crippen LogP contribution in [0.15, 0.2) is 18.2 Å². The molecule has 0 unspecified atom stereocenters. The summed E-state index contributed by atoms with van der Waals surface area (Å²) in [5, 5.41) is 0.00397. The predicted octanol–water partition coefficient (Wildman–Crippen LogP) is 2.10. The number of benzene rings is 1. The van der Waals surface area contributed by atoms with Crippen molar-refractivity contribution in [3.05, 3.63) is 40.4 Å². The summed E-state index contributed by atoms with van der Waals surface area (Å²) in [6, 6.07) is 3.70. The van der Waals surface area contributed by atoms with E-state index in [1.54, 1.807) is 0 Å².